The van der Waals surface area contributed by atoms with Gasteiger partial charge in [0.05, 0.1) is 35.5 Å². The summed E-state index contributed by atoms with van der Waals surface area (Å²) in [6.45, 7) is 0. The molecule has 9 nitrogen and oxygen atoms in total. The van der Waals surface area contributed by atoms with Crippen LogP contribution in [0, 0.1) is 0 Å². The van der Waals surface area contributed by atoms with Gasteiger partial charge in [-0.15, -0.1) is 0 Å². The Kier molecular flexibility index (Phi) is 5.45. The van der Waals surface area contributed by atoms with Gasteiger partial charge in [0.15, 0.2) is 0 Å². The molecule has 0 aromatic heterocycles. The van der Waals surface area contributed by atoms with Crippen LogP contribution in [0.4, 0.5) is 11.4 Å². The van der Waals surface area contributed by atoms with Crippen molar-refractivity contribution < 1.29 is 33.8 Å². The van der Waals surface area contributed by atoms with Crippen molar-refractivity contribution in [3.63, 3.8) is 0 Å². The zero-order valence-corrected chi connectivity index (χ0v) is 17.2. The van der Waals surface area contributed by atoms with Gasteiger partial charge < -0.3 is 20.0 Å². The normalized spacial score (nSPS) is 12.3. The van der Waals surface area contributed by atoms with Crippen LogP contribution in [0.2, 0.25) is 0 Å². The van der Waals surface area contributed by atoms with E-state index in [-0.39, 0.29) is 39.2 Å². The quantitative estimate of drug-likeness (QED) is 0.470. The van der Waals surface area contributed by atoms with Gasteiger partial charge in [-0.05, 0) is 60.2 Å². The average molecular weight is 443 g/mol. The van der Waals surface area contributed by atoms with E-state index in [1.807, 2.05) is 0 Å². The molecule has 0 radical (unpaired) electrons. The number of aromatic carboxylic acids is 1. The van der Waals surface area contributed by atoms with Gasteiger partial charge in [-0.25, -0.2) is 9.69 Å². The molecule has 1 aliphatic heterocycles. The number of benzene rings is 3. The number of nitrogens with zero attached hydrogens (tertiary/aromatic N) is 1. The van der Waals surface area contributed by atoms with Gasteiger partial charge in [0.1, 0.15) is 0 Å². The second-order valence-electron chi connectivity index (χ2n) is 7.07. The van der Waals surface area contributed by atoms with E-state index in [2.05, 4.69) is 10.1 Å². The first-order valence-corrected chi connectivity index (χ1v) is 9.64. The van der Waals surface area contributed by atoms with E-state index in [1.165, 1.54) is 73.8 Å². The van der Waals surface area contributed by atoms with Gasteiger partial charge in [-0.1, -0.05) is 12.1 Å². The molecule has 0 aliphatic carbocycles. The Balaban J connectivity index is 1.58. The van der Waals surface area contributed by atoms with Crippen LogP contribution in [0.25, 0.3) is 0 Å². The lowest BCUT2D eigenvalue weighted by atomic mass is 10.1. The zero-order chi connectivity index (χ0) is 23.7. The van der Waals surface area contributed by atoms with E-state index in [4.69, 9.17) is 0 Å². The van der Waals surface area contributed by atoms with Crippen molar-refractivity contribution in [1.82, 2.24) is 0 Å². The molecule has 0 bridgehead atoms. The first-order valence-electron chi connectivity index (χ1n) is 9.64. The number of hydrogen-bond donors (Lipinski definition) is 1. The summed E-state index contributed by atoms with van der Waals surface area (Å²) in [7, 11) is 1.24. The third kappa shape index (κ3) is 3.94. The highest BCUT2D eigenvalue weighted by Gasteiger charge is 2.37. The van der Waals surface area contributed by atoms with Crippen molar-refractivity contribution in [2.75, 3.05) is 17.3 Å². The molecule has 3 amide bonds. The van der Waals surface area contributed by atoms with Crippen LogP contribution in [0.15, 0.2) is 66.7 Å². The van der Waals surface area contributed by atoms with Gasteiger partial charge in [0.25, 0.3) is 17.7 Å². The third-order valence-electron chi connectivity index (χ3n) is 5.05. The number of anilines is 2. The van der Waals surface area contributed by atoms with E-state index < -0.39 is 29.7 Å². The highest BCUT2D eigenvalue weighted by atomic mass is 16.5. The molecular formula is C24H15N2O7-. The monoisotopic (exact) mass is 443 g/mol. The van der Waals surface area contributed by atoms with Crippen molar-refractivity contribution in [1.29, 1.82) is 0 Å². The van der Waals surface area contributed by atoms with Gasteiger partial charge in [-0.3, -0.25) is 14.4 Å². The van der Waals surface area contributed by atoms with Crippen molar-refractivity contribution in [3.05, 3.63) is 94.5 Å². The number of carbonyl (C=O) groups is 5. The van der Waals surface area contributed by atoms with Crippen LogP contribution in [0.1, 0.15) is 51.8 Å². The minimum Gasteiger partial charge on any atom is -0.545 e. The van der Waals surface area contributed by atoms with E-state index in [1.54, 1.807) is 0 Å². The molecule has 3 aromatic rings. The molecule has 0 saturated heterocycles. The van der Waals surface area contributed by atoms with E-state index in [0.717, 1.165) is 4.90 Å². The maximum atomic E-state index is 12.9. The Bertz CT molecular complexity index is 1330. The minimum atomic E-state index is -1.38. The fourth-order valence-corrected chi connectivity index (χ4v) is 3.41. The summed E-state index contributed by atoms with van der Waals surface area (Å²) in [4.78, 5) is 61.9. The lowest BCUT2D eigenvalue weighted by Crippen LogP contribution is -2.29. The van der Waals surface area contributed by atoms with Crippen molar-refractivity contribution in [3.8, 4) is 0 Å². The Labute approximate surface area is 187 Å². The topological polar surface area (TPSA) is 133 Å². The number of ether oxygens (including phenoxy) is 1. The molecule has 3 aromatic carbocycles. The Morgan fingerprint density at radius 3 is 2.15 bits per heavy atom. The predicted molar refractivity (Wildman–Crippen MR) is 114 cm³/mol. The summed E-state index contributed by atoms with van der Waals surface area (Å²) in [6.07, 6.45) is 0. The molecule has 0 fully saturated rings. The molecule has 0 spiro atoms. The van der Waals surface area contributed by atoms with Gasteiger partial charge >= 0.3 is 5.97 Å². The molecule has 1 N–H and O–H groups in total. The number of amides is 3. The standard InChI is InChI=1S/C24H16N2O7/c1-33-24(32)13-5-8-17(9-6-13)26-21(28)18-10-7-14(12-19(18)22(26)29)20(27)25-16-4-2-3-15(11-16)23(30)31/h2-12H,1H3,(H,25,27)(H,30,31)/p-1. The van der Waals surface area contributed by atoms with Crippen molar-refractivity contribution in [2.45, 2.75) is 0 Å². The summed E-state index contributed by atoms with van der Waals surface area (Å²) in [6, 6.07) is 15.4. The number of fused-ring (bicyclic) bond motifs is 1. The number of methoxy groups -OCH3 is 1. The highest BCUT2D eigenvalue weighted by Crippen LogP contribution is 2.29. The number of imide groups is 1. The number of carboxylic acids is 1. The average Bonchev–Trinajstić information content (AvgIpc) is 3.08. The second kappa shape index (κ2) is 8.39. The summed E-state index contributed by atoms with van der Waals surface area (Å²) < 4.78 is 4.63. The summed E-state index contributed by atoms with van der Waals surface area (Å²) >= 11 is 0. The van der Waals surface area contributed by atoms with Crippen molar-refractivity contribution >= 4 is 41.0 Å². The molecule has 0 saturated carbocycles. The van der Waals surface area contributed by atoms with Crippen LogP contribution in [0.3, 0.4) is 0 Å². The molecule has 1 aliphatic rings. The minimum absolute atomic E-state index is 0.0492. The number of esters is 1. The molecule has 0 atom stereocenters. The van der Waals surface area contributed by atoms with Crippen LogP contribution in [0.5, 0.6) is 0 Å². The molecule has 33 heavy (non-hydrogen) atoms. The van der Waals surface area contributed by atoms with Gasteiger partial charge in [-0.2, -0.15) is 0 Å². The smallest absolute Gasteiger partial charge is 0.337 e. The predicted octanol–water partition coefficient (Wildman–Crippen LogP) is 1.89. The summed E-state index contributed by atoms with van der Waals surface area (Å²) in [5.74, 6) is -3.70. The highest BCUT2D eigenvalue weighted by molar-refractivity contribution is 6.34. The zero-order valence-electron chi connectivity index (χ0n) is 17.2. The third-order valence-corrected chi connectivity index (χ3v) is 5.05. The second-order valence-corrected chi connectivity index (χ2v) is 7.07. The van der Waals surface area contributed by atoms with Crippen LogP contribution in [-0.2, 0) is 4.74 Å². The molecule has 0 unspecified atom stereocenters. The molecule has 1 heterocycles. The Hall–Kier alpha value is -4.79. The molecule has 9 heteroatoms. The van der Waals surface area contributed by atoms with Gasteiger partial charge in [0, 0.05) is 11.3 Å². The maximum Gasteiger partial charge on any atom is 0.337 e. The lowest BCUT2D eigenvalue weighted by molar-refractivity contribution is -0.255. The first-order chi connectivity index (χ1) is 15.8. The SMILES string of the molecule is COC(=O)c1ccc(N2C(=O)c3ccc(C(=O)Nc4cccc(C(=O)[O-])c4)cc3C2=O)cc1. The van der Waals surface area contributed by atoms with Crippen molar-refractivity contribution in [2.24, 2.45) is 0 Å². The van der Waals surface area contributed by atoms with E-state index >= 15 is 0 Å². The molecular weight excluding hydrogens is 428 g/mol. The number of nitrogens with one attached hydrogen (secondary N) is 1. The largest absolute Gasteiger partial charge is 0.545 e. The van der Waals surface area contributed by atoms with Crippen LogP contribution >= 0.6 is 0 Å². The summed E-state index contributed by atoms with van der Waals surface area (Å²) in [5, 5.41) is 13.6. The number of carbonyl (C=O) groups excluding carboxylic acids is 5. The Morgan fingerprint density at radius 2 is 1.48 bits per heavy atom. The number of hydrogen-bond acceptors (Lipinski definition) is 7. The van der Waals surface area contributed by atoms with E-state index in [9.17, 15) is 29.1 Å². The van der Waals surface area contributed by atoms with E-state index in [0.29, 0.717) is 0 Å². The number of rotatable bonds is 5. The molecule has 4 rings (SSSR count). The van der Waals surface area contributed by atoms with Crippen LogP contribution in [-0.4, -0.2) is 36.8 Å². The van der Waals surface area contributed by atoms with Crippen LogP contribution < -0.4 is 15.3 Å². The first kappa shape index (κ1) is 21.4. The number of carboxylic acid groups (broad SMARTS) is 1. The molecule has 164 valence electrons. The maximum absolute atomic E-state index is 12.9. The van der Waals surface area contributed by atoms with Gasteiger partial charge in [0.2, 0.25) is 0 Å². The lowest BCUT2D eigenvalue weighted by Gasteiger charge is -2.14. The summed E-state index contributed by atoms with van der Waals surface area (Å²) in [5.41, 5.74) is 0.948. The fraction of sp³-hybridized carbons (Fsp3) is 0.0417. The Morgan fingerprint density at radius 1 is 0.818 bits per heavy atom. The fourth-order valence-electron chi connectivity index (χ4n) is 3.41.